The molecule has 2 heterocycles. The van der Waals surface area contributed by atoms with Crippen molar-refractivity contribution in [3.8, 4) is 0 Å². The van der Waals surface area contributed by atoms with Gasteiger partial charge in [0.05, 0.1) is 18.4 Å². The minimum atomic E-state index is 0.261. The Labute approximate surface area is 122 Å². The molecule has 0 aliphatic carbocycles. The van der Waals surface area contributed by atoms with Crippen LogP contribution in [-0.4, -0.2) is 59.6 Å². The van der Waals surface area contributed by atoms with E-state index in [9.17, 15) is 0 Å². The van der Waals surface area contributed by atoms with E-state index < -0.39 is 0 Å². The molecule has 2 atom stereocenters. The Balaban J connectivity index is 1.96. The molecule has 5 heteroatoms. The highest BCUT2D eigenvalue weighted by Gasteiger charge is 2.27. The summed E-state index contributed by atoms with van der Waals surface area (Å²) in [7, 11) is 1.96. The highest BCUT2D eigenvalue weighted by atomic mass is 16.5. The zero-order chi connectivity index (χ0) is 14.4. The third-order valence-corrected chi connectivity index (χ3v) is 3.83. The largest absolute Gasteiger partial charge is 0.374 e. The van der Waals surface area contributed by atoms with Crippen molar-refractivity contribution in [3.63, 3.8) is 0 Å². The van der Waals surface area contributed by atoms with Gasteiger partial charge in [-0.25, -0.2) is 0 Å². The maximum atomic E-state index is 6.01. The average molecular weight is 280 g/mol. The molecule has 1 aliphatic heterocycles. The van der Waals surface area contributed by atoms with E-state index in [0.29, 0.717) is 6.04 Å². The highest BCUT2D eigenvalue weighted by Crippen LogP contribution is 2.13. The highest BCUT2D eigenvalue weighted by molar-refractivity contribution is 5.03. The van der Waals surface area contributed by atoms with Gasteiger partial charge >= 0.3 is 0 Å². The van der Waals surface area contributed by atoms with Gasteiger partial charge in [-0.2, -0.15) is 5.10 Å². The summed E-state index contributed by atoms with van der Waals surface area (Å²) in [5, 5.41) is 8.06. The van der Waals surface area contributed by atoms with Gasteiger partial charge in [0.2, 0.25) is 0 Å². The molecule has 5 nitrogen and oxygen atoms in total. The second-order valence-electron chi connectivity index (χ2n) is 5.56. The molecule has 20 heavy (non-hydrogen) atoms. The zero-order valence-corrected chi connectivity index (χ0v) is 13.0. The van der Waals surface area contributed by atoms with E-state index >= 15 is 0 Å². The van der Waals surface area contributed by atoms with Crippen LogP contribution in [0.4, 0.5) is 0 Å². The summed E-state index contributed by atoms with van der Waals surface area (Å²) in [6, 6.07) is 2.44. The number of rotatable bonds is 7. The molecule has 1 saturated heterocycles. The van der Waals surface area contributed by atoms with Gasteiger partial charge in [0, 0.05) is 38.8 Å². The zero-order valence-electron chi connectivity index (χ0n) is 13.0. The minimum Gasteiger partial charge on any atom is -0.374 e. The van der Waals surface area contributed by atoms with Crippen LogP contribution in [0.3, 0.4) is 0 Å². The van der Waals surface area contributed by atoms with Crippen LogP contribution in [0.25, 0.3) is 0 Å². The third-order valence-electron chi connectivity index (χ3n) is 3.83. The molecule has 0 bridgehead atoms. The molecular weight excluding hydrogens is 252 g/mol. The first-order valence-electron chi connectivity index (χ1n) is 7.78. The number of hydrogen-bond acceptors (Lipinski definition) is 4. The fraction of sp³-hybridized carbons (Fsp3) is 0.800. The molecule has 0 spiro atoms. The van der Waals surface area contributed by atoms with E-state index in [2.05, 4.69) is 35.2 Å². The molecule has 0 aromatic carbocycles. The number of hydrogen-bond donors (Lipinski definition) is 1. The van der Waals surface area contributed by atoms with Crippen LogP contribution in [0.5, 0.6) is 0 Å². The number of nitrogens with zero attached hydrogens (tertiary/aromatic N) is 3. The van der Waals surface area contributed by atoms with E-state index in [1.807, 2.05) is 17.9 Å². The molecule has 2 rings (SSSR count). The van der Waals surface area contributed by atoms with Crippen LogP contribution in [0.2, 0.25) is 0 Å². The molecule has 1 aliphatic rings. The molecule has 0 saturated carbocycles. The van der Waals surface area contributed by atoms with Crippen molar-refractivity contribution in [1.82, 2.24) is 20.0 Å². The fourth-order valence-electron chi connectivity index (χ4n) is 2.89. The summed E-state index contributed by atoms with van der Waals surface area (Å²) in [5.41, 5.74) is 1.13. The van der Waals surface area contributed by atoms with E-state index in [1.165, 1.54) is 13.0 Å². The molecule has 0 radical (unpaired) electrons. The number of likely N-dealkylation sites (N-methyl/N-ethyl adjacent to an activating group) is 1. The first-order chi connectivity index (χ1) is 9.72. The van der Waals surface area contributed by atoms with Crippen LogP contribution in [-0.2, 0) is 18.2 Å². The predicted molar refractivity (Wildman–Crippen MR) is 80.8 cm³/mol. The second-order valence-corrected chi connectivity index (χ2v) is 5.56. The monoisotopic (exact) mass is 280 g/mol. The summed E-state index contributed by atoms with van der Waals surface area (Å²) in [6.45, 7) is 9.45. The van der Waals surface area contributed by atoms with Gasteiger partial charge in [0.25, 0.3) is 0 Å². The van der Waals surface area contributed by atoms with Gasteiger partial charge in [-0.1, -0.05) is 13.8 Å². The van der Waals surface area contributed by atoms with Crippen LogP contribution in [0.1, 0.15) is 26.0 Å². The Hall–Kier alpha value is -0.910. The number of ether oxygens (including phenoxy) is 1. The van der Waals surface area contributed by atoms with Gasteiger partial charge in [-0.3, -0.25) is 9.58 Å². The van der Waals surface area contributed by atoms with Crippen molar-refractivity contribution in [2.75, 3.05) is 32.8 Å². The normalized spacial score (nSPS) is 22.1. The lowest BCUT2D eigenvalue weighted by molar-refractivity contribution is -0.0461. The Kier molecular flexibility index (Phi) is 6.01. The van der Waals surface area contributed by atoms with Crippen molar-refractivity contribution in [2.24, 2.45) is 7.05 Å². The summed E-state index contributed by atoms with van der Waals surface area (Å²) in [5.74, 6) is 0. The van der Waals surface area contributed by atoms with E-state index in [4.69, 9.17) is 4.74 Å². The van der Waals surface area contributed by atoms with Crippen LogP contribution in [0.15, 0.2) is 12.3 Å². The first kappa shape index (κ1) is 15.5. The third kappa shape index (κ3) is 4.30. The quantitative estimate of drug-likeness (QED) is 0.811. The van der Waals surface area contributed by atoms with Crippen LogP contribution in [0, 0.1) is 0 Å². The number of morpholine rings is 1. The fourth-order valence-corrected chi connectivity index (χ4v) is 2.89. The topological polar surface area (TPSA) is 42.3 Å². The number of nitrogens with one attached hydrogen (secondary N) is 1. The molecule has 2 unspecified atom stereocenters. The Bertz CT molecular complexity index is 391. The average Bonchev–Trinajstić information content (AvgIpc) is 2.84. The van der Waals surface area contributed by atoms with Gasteiger partial charge in [0.15, 0.2) is 0 Å². The predicted octanol–water partition coefficient (Wildman–Crippen LogP) is 1.05. The molecule has 1 fully saturated rings. The van der Waals surface area contributed by atoms with Gasteiger partial charge < -0.3 is 10.1 Å². The summed E-state index contributed by atoms with van der Waals surface area (Å²) < 4.78 is 7.87. The lowest BCUT2D eigenvalue weighted by Gasteiger charge is -2.37. The molecule has 0 amide bonds. The van der Waals surface area contributed by atoms with Crippen LogP contribution < -0.4 is 5.32 Å². The summed E-state index contributed by atoms with van der Waals surface area (Å²) in [4.78, 5) is 2.51. The summed E-state index contributed by atoms with van der Waals surface area (Å²) in [6.07, 6.45) is 4.40. The maximum Gasteiger partial charge on any atom is 0.0859 e. The van der Waals surface area contributed by atoms with Gasteiger partial charge in [-0.15, -0.1) is 0 Å². The van der Waals surface area contributed by atoms with Crippen molar-refractivity contribution >= 4 is 0 Å². The summed E-state index contributed by atoms with van der Waals surface area (Å²) >= 11 is 0. The Morgan fingerprint density at radius 1 is 1.50 bits per heavy atom. The van der Waals surface area contributed by atoms with E-state index in [1.54, 1.807) is 0 Å². The lowest BCUT2D eigenvalue weighted by Crippen LogP contribution is -2.53. The van der Waals surface area contributed by atoms with E-state index in [0.717, 1.165) is 38.4 Å². The van der Waals surface area contributed by atoms with Crippen molar-refractivity contribution in [1.29, 1.82) is 0 Å². The molecule has 1 aromatic rings. The Morgan fingerprint density at radius 2 is 2.35 bits per heavy atom. The maximum absolute atomic E-state index is 6.01. The number of aromatic nitrogens is 2. The molecule has 114 valence electrons. The SMILES string of the molecule is CCCN1CCOC(C(Cc2ccn(C)n2)NCC)C1. The standard InChI is InChI=1S/C15H28N4O/c1-4-7-19-9-10-20-15(12-19)14(16-5-2)11-13-6-8-18(3)17-13/h6,8,14-16H,4-5,7,9-12H2,1-3H3. The first-order valence-corrected chi connectivity index (χ1v) is 7.78. The van der Waals surface area contributed by atoms with Crippen molar-refractivity contribution in [2.45, 2.75) is 38.8 Å². The number of aryl methyl sites for hydroxylation is 1. The Morgan fingerprint density at radius 3 is 3.00 bits per heavy atom. The van der Waals surface area contributed by atoms with Gasteiger partial charge in [-0.05, 0) is 25.6 Å². The van der Waals surface area contributed by atoms with Gasteiger partial charge in [0.1, 0.15) is 0 Å². The van der Waals surface area contributed by atoms with Crippen LogP contribution >= 0.6 is 0 Å². The molecule has 1 aromatic heterocycles. The second kappa shape index (κ2) is 7.76. The van der Waals surface area contributed by atoms with Crippen molar-refractivity contribution in [3.05, 3.63) is 18.0 Å². The molecular formula is C15H28N4O. The minimum absolute atomic E-state index is 0.261. The molecule has 1 N–H and O–H groups in total. The van der Waals surface area contributed by atoms with Crippen molar-refractivity contribution < 1.29 is 4.74 Å². The smallest absolute Gasteiger partial charge is 0.0859 e. The van der Waals surface area contributed by atoms with E-state index in [-0.39, 0.29) is 6.10 Å². The lowest BCUT2D eigenvalue weighted by atomic mass is 10.0.